The lowest BCUT2D eigenvalue weighted by molar-refractivity contribution is -1.63. The maximum atomic E-state index is 10.7. The molecule has 0 aromatic carbocycles. The van der Waals surface area contributed by atoms with Gasteiger partial charge in [0.05, 0.1) is 10.2 Å². The Morgan fingerprint density at radius 1 is 1.36 bits per heavy atom. The van der Waals surface area contributed by atoms with E-state index in [1.807, 2.05) is 17.5 Å². The molecule has 0 aliphatic heterocycles. The molecule has 2 rings (SSSR count). The maximum Gasteiger partial charge on any atom is 0.433 e. The Kier molecular flexibility index (Phi) is 4.23. The van der Waals surface area contributed by atoms with Crippen molar-refractivity contribution in [1.82, 2.24) is 4.98 Å². The van der Waals surface area contributed by atoms with Gasteiger partial charge in [0.15, 0.2) is 0 Å². The first-order valence-electron chi connectivity index (χ1n) is 3.40. The van der Waals surface area contributed by atoms with Gasteiger partial charge in [0.2, 0.25) is 5.56 Å². The molecule has 0 atom stereocenters. The largest absolute Gasteiger partial charge is 0.433 e. The zero-order valence-corrected chi connectivity index (χ0v) is 9.17. The molecule has 0 aliphatic carbocycles. The fourth-order valence-electron chi connectivity index (χ4n) is 0.879. The van der Waals surface area contributed by atoms with Crippen LogP contribution in [0.1, 0.15) is 0 Å². The zero-order valence-electron chi connectivity index (χ0n) is 6.77. The third-order valence-electron chi connectivity index (χ3n) is 1.34. The molecule has 0 spiro atoms. The van der Waals surface area contributed by atoms with Crippen molar-refractivity contribution in [3.8, 4) is 0 Å². The Morgan fingerprint density at radius 2 is 2.00 bits per heavy atom. The van der Waals surface area contributed by atoms with Gasteiger partial charge in [-0.15, -0.1) is 11.3 Å². The van der Waals surface area contributed by atoms with E-state index in [2.05, 4.69) is 4.98 Å². The number of aromatic nitrogens is 1. The third-order valence-corrected chi connectivity index (χ3v) is 2.22. The number of pyridine rings is 1. The molecule has 2 aromatic rings. The molecule has 0 bridgehead atoms. The van der Waals surface area contributed by atoms with E-state index in [9.17, 15) is 4.79 Å². The molecule has 14 heavy (non-hydrogen) atoms. The van der Waals surface area contributed by atoms with Crippen LogP contribution in [0.4, 0.5) is 0 Å². The summed E-state index contributed by atoms with van der Waals surface area (Å²) in [7, 11) is 0. The van der Waals surface area contributed by atoms with Gasteiger partial charge in [-0.05, 0) is 21.7 Å². The standard InChI is InChI=1S/C7H5NOS.BrHO3/c9-7-2-1-6-5(8-7)3-4-10-6;2-1(3)4/h1-4H,(H,8,9);2H. The molecule has 5 nitrogen and oxygen atoms in total. The van der Waals surface area contributed by atoms with Crippen LogP contribution < -0.4 is 14.0 Å². The van der Waals surface area contributed by atoms with E-state index in [0.29, 0.717) is 0 Å². The van der Waals surface area contributed by atoms with Gasteiger partial charge in [-0.3, -0.25) is 4.79 Å². The molecule has 76 valence electrons. The van der Waals surface area contributed by atoms with E-state index >= 15 is 0 Å². The predicted octanol–water partition coefficient (Wildman–Crippen LogP) is -1.35. The quantitative estimate of drug-likeness (QED) is 0.623. The molecule has 2 N–H and O–H groups in total. The molecule has 0 saturated heterocycles. The number of thiophene rings is 1. The monoisotopic (exact) mass is 279 g/mol. The highest BCUT2D eigenvalue weighted by atomic mass is 80.0. The minimum atomic E-state index is -3.40. The van der Waals surface area contributed by atoms with Gasteiger partial charge >= 0.3 is 14.8 Å². The topological polar surface area (TPSA) is 99.2 Å². The van der Waals surface area contributed by atoms with E-state index in [-0.39, 0.29) is 5.56 Å². The number of hydrogen-bond donors (Lipinski definition) is 2. The van der Waals surface area contributed by atoms with Gasteiger partial charge in [0, 0.05) is 6.07 Å². The lowest BCUT2D eigenvalue weighted by Gasteiger charge is -1.83. The van der Waals surface area contributed by atoms with Gasteiger partial charge in [-0.2, -0.15) is 0 Å². The summed E-state index contributed by atoms with van der Waals surface area (Å²) in [6.07, 6.45) is 0. The molecule has 0 radical (unpaired) electrons. The number of aromatic amines is 1. The summed E-state index contributed by atoms with van der Waals surface area (Å²) in [5.74, 6) is 0. The van der Waals surface area contributed by atoms with Crippen LogP contribution in [0.15, 0.2) is 28.4 Å². The third kappa shape index (κ3) is 3.56. The van der Waals surface area contributed by atoms with E-state index in [4.69, 9.17) is 12.6 Å². The molecule has 0 fully saturated rings. The van der Waals surface area contributed by atoms with E-state index in [1.54, 1.807) is 17.4 Å². The van der Waals surface area contributed by atoms with E-state index in [0.717, 1.165) is 10.2 Å². The zero-order chi connectivity index (χ0) is 10.6. The molecular weight excluding hydrogens is 274 g/mol. The second-order valence-electron chi connectivity index (χ2n) is 2.22. The van der Waals surface area contributed by atoms with Crippen molar-refractivity contribution in [3.63, 3.8) is 0 Å². The lowest BCUT2D eigenvalue weighted by atomic mass is 10.4. The van der Waals surface area contributed by atoms with Crippen LogP contribution in [-0.4, -0.2) is 9.18 Å². The summed E-state index contributed by atoms with van der Waals surface area (Å²) >= 11 is -1.77. The molecule has 0 amide bonds. The summed E-state index contributed by atoms with van der Waals surface area (Å²) in [6, 6.07) is 5.28. The fourth-order valence-corrected chi connectivity index (χ4v) is 1.62. The SMILES string of the molecule is O=c1ccc2sccc2[nH]1.[O-][Br+2]([O-])O. The van der Waals surface area contributed by atoms with Gasteiger partial charge in [-0.1, -0.05) is 0 Å². The highest BCUT2D eigenvalue weighted by Gasteiger charge is 1.91. The molecule has 0 saturated carbocycles. The van der Waals surface area contributed by atoms with Crippen molar-refractivity contribution >= 4 is 21.6 Å². The molecule has 2 aromatic heterocycles. The van der Waals surface area contributed by atoms with Crippen molar-refractivity contribution in [2.24, 2.45) is 0 Å². The molecular formula is C7H6BrNO4S. The Balaban J connectivity index is 0.000000213. The second-order valence-corrected chi connectivity index (χ2v) is 4.01. The lowest BCUT2D eigenvalue weighted by Crippen LogP contribution is -2.30. The van der Waals surface area contributed by atoms with Crippen LogP contribution in [-0.2, 0) is 0 Å². The van der Waals surface area contributed by atoms with Crippen LogP contribution in [0.3, 0.4) is 0 Å². The van der Waals surface area contributed by atoms with Gasteiger partial charge < -0.3 is 13.4 Å². The predicted molar refractivity (Wildman–Crippen MR) is 44.7 cm³/mol. The summed E-state index contributed by atoms with van der Waals surface area (Å²) in [6.45, 7) is 0. The summed E-state index contributed by atoms with van der Waals surface area (Å²) in [4.78, 5) is 13.5. The number of halogens is 1. The van der Waals surface area contributed by atoms with E-state index < -0.39 is 14.8 Å². The molecule has 7 heteroatoms. The van der Waals surface area contributed by atoms with Crippen LogP contribution >= 0.6 is 11.3 Å². The summed E-state index contributed by atoms with van der Waals surface area (Å²) in [5.41, 5.74) is 0.892. The van der Waals surface area contributed by atoms with Crippen molar-refractivity contribution in [2.75, 3.05) is 0 Å². The number of rotatable bonds is 0. The van der Waals surface area contributed by atoms with Crippen LogP contribution in [0, 0.1) is 14.8 Å². The van der Waals surface area contributed by atoms with E-state index in [1.165, 1.54) is 0 Å². The van der Waals surface area contributed by atoms with Gasteiger partial charge in [-0.25, -0.2) is 0 Å². The number of H-pyrrole nitrogens is 1. The summed E-state index contributed by atoms with van der Waals surface area (Å²) in [5, 5.41) is 1.96. The maximum absolute atomic E-state index is 10.7. The first kappa shape index (κ1) is 11.3. The Labute approximate surface area is 88.1 Å². The molecule has 2 heterocycles. The average molecular weight is 280 g/mol. The number of hydrogen-bond acceptors (Lipinski definition) is 5. The highest BCUT2D eigenvalue weighted by Crippen LogP contribution is 2.15. The fraction of sp³-hybridized carbons (Fsp3) is 0. The van der Waals surface area contributed by atoms with Crippen molar-refractivity contribution < 1.29 is 27.4 Å². The molecule has 0 unspecified atom stereocenters. The number of fused-ring (bicyclic) bond motifs is 1. The minimum absolute atomic E-state index is 0.0362. The Hall–Kier alpha value is -0.730. The Morgan fingerprint density at radius 3 is 2.64 bits per heavy atom. The van der Waals surface area contributed by atoms with Crippen molar-refractivity contribution in [3.05, 3.63) is 33.9 Å². The minimum Gasteiger partial charge on any atom is -0.372 e. The van der Waals surface area contributed by atoms with Crippen LogP contribution in [0.5, 0.6) is 0 Å². The van der Waals surface area contributed by atoms with Crippen molar-refractivity contribution in [2.45, 2.75) is 0 Å². The smallest absolute Gasteiger partial charge is 0.372 e. The number of nitrogens with one attached hydrogen (secondary N) is 1. The Bertz CT molecular complexity index is 449. The van der Waals surface area contributed by atoms with Crippen LogP contribution in [0.25, 0.3) is 10.2 Å². The first-order chi connectivity index (χ1) is 6.59. The van der Waals surface area contributed by atoms with Crippen LogP contribution in [0.2, 0.25) is 0 Å². The normalized spacial score (nSPS) is 10.0. The summed E-state index contributed by atoms with van der Waals surface area (Å²) < 4.78 is 25.4. The van der Waals surface area contributed by atoms with Gasteiger partial charge in [0.1, 0.15) is 0 Å². The average Bonchev–Trinajstić information content (AvgIpc) is 2.49. The first-order valence-corrected chi connectivity index (χ1v) is 6.29. The van der Waals surface area contributed by atoms with Crippen molar-refractivity contribution in [1.29, 1.82) is 0 Å². The molecule has 0 aliphatic rings. The highest BCUT2D eigenvalue weighted by molar-refractivity contribution is 7.17. The van der Waals surface area contributed by atoms with Gasteiger partial charge in [0.25, 0.3) is 0 Å². The second kappa shape index (κ2) is 5.23.